The molecule has 0 radical (unpaired) electrons. The van der Waals surface area contributed by atoms with Gasteiger partial charge in [-0.3, -0.25) is 9.78 Å². The molecule has 1 aliphatic rings. The second kappa shape index (κ2) is 7.56. The minimum Gasteiger partial charge on any atom is -0.379 e. The number of pyridine rings is 1. The molecule has 2 aromatic rings. The summed E-state index contributed by atoms with van der Waals surface area (Å²) in [5.41, 5.74) is 1.21. The Morgan fingerprint density at radius 1 is 1.43 bits per heavy atom. The van der Waals surface area contributed by atoms with Crippen molar-refractivity contribution in [3.63, 3.8) is 0 Å². The molecule has 0 aromatic carbocycles. The molecule has 1 saturated heterocycles. The van der Waals surface area contributed by atoms with Gasteiger partial charge in [-0.15, -0.1) is 10.2 Å². The molecule has 3 heterocycles. The number of carbonyl (C=O) groups excluding carboxylic acids is 1. The zero-order chi connectivity index (χ0) is 16.1. The Morgan fingerprint density at radius 3 is 3.00 bits per heavy atom. The summed E-state index contributed by atoms with van der Waals surface area (Å²) in [6.45, 7) is 1.24. The normalized spacial score (nSPS) is 20.6. The molecule has 1 fully saturated rings. The Kier molecular flexibility index (Phi) is 5.24. The first kappa shape index (κ1) is 15.9. The van der Waals surface area contributed by atoms with Crippen molar-refractivity contribution in [2.45, 2.75) is 17.6 Å². The summed E-state index contributed by atoms with van der Waals surface area (Å²) in [6.07, 6.45) is 6.08. The summed E-state index contributed by atoms with van der Waals surface area (Å²) >= 11 is 1.38. The van der Waals surface area contributed by atoms with E-state index in [2.05, 4.69) is 20.5 Å². The lowest BCUT2D eigenvalue weighted by atomic mass is 9.95. The standard InChI is InChI=1S/C15H19N5O2S/c1-20-10-17-19-15(20)23-9-14(21)18-13-8-22-7-12(13)6-11-2-4-16-5-3-11/h2-5,10,12-13H,6-9H2,1H3,(H,18,21)/t12-,13-/m1/s1. The second-order valence-electron chi connectivity index (χ2n) is 5.54. The molecule has 0 bridgehead atoms. The third kappa shape index (κ3) is 4.29. The molecule has 0 saturated carbocycles. The summed E-state index contributed by atoms with van der Waals surface area (Å²) in [7, 11) is 1.86. The van der Waals surface area contributed by atoms with Gasteiger partial charge in [-0.25, -0.2) is 0 Å². The van der Waals surface area contributed by atoms with Crippen LogP contribution in [0.25, 0.3) is 0 Å². The fourth-order valence-corrected chi connectivity index (χ4v) is 3.26. The molecule has 0 aliphatic carbocycles. The lowest BCUT2D eigenvalue weighted by Gasteiger charge is -2.19. The van der Waals surface area contributed by atoms with Crippen LogP contribution in [-0.2, 0) is 23.0 Å². The zero-order valence-corrected chi connectivity index (χ0v) is 13.7. The number of nitrogens with one attached hydrogen (secondary N) is 1. The number of aromatic nitrogens is 4. The summed E-state index contributed by atoms with van der Waals surface area (Å²) < 4.78 is 7.34. The first-order chi connectivity index (χ1) is 11.2. The minimum absolute atomic E-state index is 0.00627. The Balaban J connectivity index is 1.50. The number of hydrogen-bond donors (Lipinski definition) is 1. The van der Waals surface area contributed by atoms with Crippen LogP contribution in [-0.4, -0.2) is 50.7 Å². The van der Waals surface area contributed by atoms with E-state index in [1.54, 1.807) is 23.3 Å². The van der Waals surface area contributed by atoms with Crippen LogP contribution in [0.1, 0.15) is 5.56 Å². The van der Waals surface area contributed by atoms with Crippen LogP contribution in [0, 0.1) is 5.92 Å². The molecule has 122 valence electrons. The van der Waals surface area contributed by atoms with Crippen molar-refractivity contribution >= 4 is 17.7 Å². The van der Waals surface area contributed by atoms with Gasteiger partial charge in [-0.2, -0.15) is 0 Å². The summed E-state index contributed by atoms with van der Waals surface area (Å²) in [4.78, 5) is 16.2. The van der Waals surface area contributed by atoms with E-state index in [1.807, 2.05) is 19.2 Å². The first-order valence-electron chi connectivity index (χ1n) is 7.45. The number of carbonyl (C=O) groups is 1. The van der Waals surface area contributed by atoms with Gasteiger partial charge < -0.3 is 14.6 Å². The van der Waals surface area contributed by atoms with Gasteiger partial charge in [-0.1, -0.05) is 11.8 Å². The maximum atomic E-state index is 12.1. The Bertz CT molecular complexity index is 648. The highest BCUT2D eigenvalue weighted by Crippen LogP contribution is 2.19. The number of ether oxygens (including phenoxy) is 1. The fourth-order valence-electron chi connectivity index (χ4n) is 2.56. The Labute approximate surface area is 138 Å². The molecule has 7 nitrogen and oxygen atoms in total. The van der Waals surface area contributed by atoms with Crippen LogP contribution < -0.4 is 5.32 Å². The Morgan fingerprint density at radius 2 is 2.26 bits per heavy atom. The van der Waals surface area contributed by atoms with Crippen molar-refractivity contribution in [2.75, 3.05) is 19.0 Å². The van der Waals surface area contributed by atoms with Crippen LogP contribution in [0.15, 0.2) is 36.0 Å². The van der Waals surface area contributed by atoms with Crippen molar-refractivity contribution in [1.29, 1.82) is 0 Å². The number of aryl methyl sites for hydroxylation is 1. The van der Waals surface area contributed by atoms with Crippen LogP contribution in [0.4, 0.5) is 0 Å². The van der Waals surface area contributed by atoms with Crippen molar-refractivity contribution in [2.24, 2.45) is 13.0 Å². The molecule has 2 aromatic heterocycles. The molecule has 8 heteroatoms. The molecule has 0 unspecified atom stereocenters. The molecule has 1 N–H and O–H groups in total. The van der Waals surface area contributed by atoms with E-state index in [4.69, 9.17) is 4.74 Å². The van der Waals surface area contributed by atoms with E-state index in [1.165, 1.54) is 17.3 Å². The van der Waals surface area contributed by atoms with E-state index in [0.717, 1.165) is 11.6 Å². The van der Waals surface area contributed by atoms with Crippen LogP contribution in [0.5, 0.6) is 0 Å². The van der Waals surface area contributed by atoms with E-state index < -0.39 is 0 Å². The maximum Gasteiger partial charge on any atom is 0.230 e. The molecular weight excluding hydrogens is 314 g/mol. The summed E-state index contributed by atoms with van der Waals surface area (Å²) in [6, 6.07) is 4.05. The van der Waals surface area contributed by atoms with Crippen LogP contribution in [0.3, 0.4) is 0 Å². The van der Waals surface area contributed by atoms with Crippen molar-refractivity contribution in [1.82, 2.24) is 25.1 Å². The average Bonchev–Trinajstić information content (AvgIpc) is 3.16. The zero-order valence-electron chi connectivity index (χ0n) is 12.9. The number of nitrogens with zero attached hydrogens (tertiary/aromatic N) is 4. The van der Waals surface area contributed by atoms with Crippen molar-refractivity contribution < 1.29 is 9.53 Å². The van der Waals surface area contributed by atoms with Gasteiger partial charge in [0.1, 0.15) is 6.33 Å². The third-order valence-electron chi connectivity index (χ3n) is 3.79. The van der Waals surface area contributed by atoms with E-state index in [9.17, 15) is 4.79 Å². The molecule has 0 spiro atoms. The summed E-state index contributed by atoms with van der Waals surface area (Å²) in [5, 5.41) is 11.6. The van der Waals surface area contributed by atoms with Gasteiger partial charge in [0.2, 0.25) is 5.91 Å². The van der Waals surface area contributed by atoms with Gasteiger partial charge in [0.05, 0.1) is 25.0 Å². The Hall–Kier alpha value is -1.93. The third-order valence-corrected chi connectivity index (χ3v) is 4.83. The van der Waals surface area contributed by atoms with E-state index >= 15 is 0 Å². The molecule has 3 rings (SSSR count). The minimum atomic E-state index is -0.00627. The predicted molar refractivity (Wildman–Crippen MR) is 85.9 cm³/mol. The quantitative estimate of drug-likeness (QED) is 0.783. The summed E-state index contributed by atoms with van der Waals surface area (Å²) in [5.74, 6) is 0.611. The van der Waals surface area contributed by atoms with Gasteiger partial charge in [-0.05, 0) is 24.1 Å². The SMILES string of the molecule is Cn1cnnc1SCC(=O)N[C@@H]1COC[C@H]1Cc1ccncc1. The van der Waals surface area contributed by atoms with Crippen LogP contribution in [0.2, 0.25) is 0 Å². The number of rotatable bonds is 6. The largest absolute Gasteiger partial charge is 0.379 e. The van der Waals surface area contributed by atoms with Gasteiger partial charge in [0.15, 0.2) is 5.16 Å². The first-order valence-corrected chi connectivity index (χ1v) is 8.43. The van der Waals surface area contributed by atoms with Gasteiger partial charge >= 0.3 is 0 Å². The lowest BCUT2D eigenvalue weighted by molar-refractivity contribution is -0.119. The molecule has 23 heavy (non-hydrogen) atoms. The monoisotopic (exact) mass is 333 g/mol. The smallest absolute Gasteiger partial charge is 0.230 e. The number of thioether (sulfide) groups is 1. The highest BCUT2D eigenvalue weighted by molar-refractivity contribution is 7.99. The molecule has 1 amide bonds. The predicted octanol–water partition coefficient (Wildman–Crippen LogP) is 0.676. The lowest BCUT2D eigenvalue weighted by Crippen LogP contribution is -2.41. The molecule has 2 atom stereocenters. The topological polar surface area (TPSA) is 81.9 Å². The fraction of sp³-hybridized carbons (Fsp3) is 0.467. The van der Waals surface area contributed by atoms with Crippen molar-refractivity contribution in [3.8, 4) is 0 Å². The maximum absolute atomic E-state index is 12.1. The number of hydrogen-bond acceptors (Lipinski definition) is 6. The molecular formula is C15H19N5O2S. The van der Waals surface area contributed by atoms with Crippen LogP contribution >= 0.6 is 11.8 Å². The second-order valence-corrected chi connectivity index (χ2v) is 6.49. The number of amides is 1. The highest BCUT2D eigenvalue weighted by atomic mass is 32.2. The van der Waals surface area contributed by atoms with E-state index in [-0.39, 0.29) is 11.9 Å². The van der Waals surface area contributed by atoms with Crippen molar-refractivity contribution in [3.05, 3.63) is 36.4 Å². The van der Waals surface area contributed by atoms with E-state index in [0.29, 0.717) is 24.9 Å². The van der Waals surface area contributed by atoms with Gasteiger partial charge in [0, 0.05) is 25.4 Å². The average molecular weight is 333 g/mol. The highest BCUT2D eigenvalue weighted by Gasteiger charge is 2.29. The molecule has 1 aliphatic heterocycles. The van der Waals surface area contributed by atoms with Gasteiger partial charge in [0.25, 0.3) is 0 Å².